The van der Waals surface area contributed by atoms with Gasteiger partial charge in [0.15, 0.2) is 0 Å². The van der Waals surface area contributed by atoms with E-state index in [1.807, 2.05) is 0 Å². The largest absolute Gasteiger partial charge is 0.383 e. The molecular weight excluding hydrogens is 307 g/mol. The van der Waals surface area contributed by atoms with Gasteiger partial charge in [-0.3, -0.25) is 0 Å². The highest BCUT2D eigenvalue weighted by molar-refractivity contribution is 7.89. The van der Waals surface area contributed by atoms with Crippen molar-refractivity contribution in [1.29, 1.82) is 0 Å². The van der Waals surface area contributed by atoms with Crippen LogP contribution in [0.5, 0.6) is 0 Å². The molecule has 1 fully saturated rings. The third-order valence-electron chi connectivity index (χ3n) is 4.05. The number of hydrogen-bond donors (Lipinski definition) is 2. The third kappa shape index (κ3) is 3.65. The van der Waals surface area contributed by atoms with E-state index in [-0.39, 0.29) is 17.0 Å². The maximum atomic E-state index is 13.3. The van der Waals surface area contributed by atoms with Gasteiger partial charge in [0.05, 0.1) is 17.0 Å². The lowest BCUT2D eigenvalue weighted by Gasteiger charge is -2.29. The number of nitrogens with one attached hydrogen (secondary N) is 2. The van der Waals surface area contributed by atoms with Gasteiger partial charge in [-0.1, -0.05) is 0 Å². The van der Waals surface area contributed by atoms with Crippen molar-refractivity contribution in [2.24, 2.45) is 0 Å². The summed E-state index contributed by atoms with van der Waals surface area (Å²) in [6.07, 6.45) is 1.84. The van der Waals surface area contributed by atoms with Crippen LogP contribution in [0.4, 0.5) is 4.39 Å². The molecule has 2 N–H and O–H groups in total. The summed E-state index contributed by atoms with van der Waals surface area (Å²) in [6, 6.07) is 2.47. The SMILES string of the molecule is COCC1(CNS(=O)(=O)c2c(C)cc(F)cc2C)CCCN1. The molecule has 1 atom stereocenters. The third-order valence-corrected chi connectivity index (χ3v) is 5.75. The van der Waals surface area contributed by atoms with Gasteiger partial charge in [0.25, 0.3) is 0 Å². The van der Waals surface area contributed by atoms with E-state index in [2.05, 4.69) is 10.0 Å². The molecule has 0 bridgehead atoms. The molecule has 1 aromatic carbocycles. The maximum absolute atomic E-state index is 13.3. The van der Waals surface area contributed by atoms with Gasteiger partial charge in [-0.2, -0.15) is 0 Å². The van der Waals surface area contributed by atoms with Crippen LogP contribution in [0.1, 0.15) is 24.0 Å². The van der Waals surface area contributed by atoms with Crippen molar-refractivity contribution in [3.8, 4) is 0 Å². The van der Waals surface area contributed by atoms with Gasteiger partial charge >= 0.3 is 0 Å². The molecule has 0 aliphatic carbocycles. The van der Waals surface area contributed by atoms with E-state index in [4.69, 9.17) is 4.74 Å². The zero-order chi connectivity index (χ0) is 16.4. The molecular formula is C15H23FN2O3S. The number of ether oxygens (including phenoxy) is 1. The molecule has 0 amide bonds. The molecule has 1 heterocycles. The lowest BCUT2D eigenvalue weighted by Crippen LogP contribution is -2.53. The summed E-state index contributed by atoms with van der Waals surface area (Å²) in [4.78, 5) is 0.152. The molecule has 0 saturated carbocycles. The number of halogens is 1. The van der Waals surface area contributed by atoms with Gasteiger partial charge in [-0.25, -0.2) is 17.5 Å². The Labute approximate surface area is 131 Å². The fraction of sp³-hybridized carbons (Fsp3) is 0.600. The van der Waals surface area contributed by atoms with Gasteiger partial charge < -0.3 is 10.1 Å². The van der Waals surface area contributed by atoms with Crippen molar-refractivity contribution < 1.29 is 17.5 Å². The quantitative estimate of drug-likeness (QED) is 0.829. The van der Waals surface area contributed by atoms with Crippen molar-refractivity contribution in [1.82, 2.24) is 10.0 Å². The van der Waals surface area contributed by atoms with E-state index in [0.717, 1.165) is 19.4 Å². The highest BCUT2D eigenvalue weighted by atomic mass is 32.2. The number of sulfonamides is 1. The Bertz CT molecular complexity index is 617. The summed E-state index contributed by atoms with van der Waals surface area (Å²) < 4.78 is 46.4. The van der Waals surface area contributed by atoms with Crippen molar-refractivity contribution >= 4 is 10.0 Å². The van der Waals surface area contributed by atoms with Crippen LogP contribution in [-0.2, 0) is 14.8 Å². The first-order valence-electron chi connectivity index (χ1n) is 7.30. The maximum Gasteiger partial charge on any atom is 0.241 e. The number of rotatable bonds is 6. The lowest BCUT2D eigenvalue weighted by molar-refractivity contribution is 0.122. The molecule has 0 spiro atoms. The topological polar surface area (TPSA) is 67.4 Å². The van der Waals surface area contributed by atoms with Crippen LogP contribution in [-0.4, -0.2) is 40.8 Å². The first-order chi connectivity index (χ1) is 10.3. The second-order valence-corrected chi connectivity index (χ2v) is 7.64. The van der Waals surface area contributed by atoms with Crippen LogP contribution >= 0.6 is 0 Å². The first-order valence-corrected chi connectivity index (χ1v) is 8.78. The Hall–Kier alpha value is -1.02. The highest BCUT2D eigenvalue weighted by Crippen LogP contribution is 2.23. The zero-order valence-electron chi connectivity index (χ0n) is 13.2. The average molecular weight is 330 g/mol. The van der Waals surface area contributed by atoms with Crippen LogP contribution in [0.3, 0.4) is 0 Å². The molecule has 0 aromatic heterocycles. The van der Waals surface area contributed by atoms with Crippen LogP contribution in [0.2, 0.25) is 0 Å². The normalized spacial score (nSPS) is 22.2. The van der Waals surface area contributed by atoms with Crippen LogP contribution < -0.4 is 10.0 Å². The van der Waals surface area contributed by atoms with Crippen LogP contribution in [0.25, 0.3) is 0 Å². The number of hydrogen-bond acceptors (Lipinski definition) is 4. The Balaban J connectivity index is 2.21. The van der Waals surface area contributed by atoms with Gasteiger partial charge in [0, 0.05) is 13.7 Å². The fourth-order valence-corrected chi connectivity index (χ4v) is 4.67. The summed E-state index contributed by atoms with van der Waals surface area (Å²) in [6.45, 7) is 4.74. The smallest absolute Gasteiger partial charge is 0.241 e. The molecule has 1 saturated heterocycles. The predicted molar refractivity (Wildman–Crippen MR) is 82.9 cm³/mol. The Morgan fingerprint density at radius 3 is 2.50 bits per heavy atom. The number of aryl methyl sites for hydroxylation is 2. The van der Waals surface area contributed by atoms with E-state index >= 15 is 0 Å². The van der Waals surface area contributed by atoms with E-state index in [1.54, 1.807) is 21.0 Å². The van der Waals surface area contributed by atoms with Crippen LogP contribution in [0.15, 0.2) is 17.0 Å². The molecule has 1 aliphatic heterocycles. The van der Waals surface area contributed by atoms with Crippen molar-refractivity contribution in [2.75, 3.05) is 26.8 Å². The monoisotopic (exact) mass is 330 g/mol. The minimum absolute atomic E-state index is 0.152. The minimum atomic E-state index is -3.69. The second-order valence-electron chi connectivity index (χ2n) is 5.94. The Morgan fingerprint density at radius 2 is 2.00 bits per heavy atom. The van der Waals surface area contributed by atoms with Crippen molar-refractivity contribution in [3.05, 3.63) is 29.1 Å². The molecule has 7 heteroatoms. The van der Waals surface area contributed by atoms with Crippen molar-refractivity contribution in [3.63, 3.8) is 0 Å². The standard InChI is InChI=1S/C15H23FN2O3S/c1-11-7-13(16)8-12(2)14(11)22(19,20)18-9-15(10-21-3)5-4-6-17-15/h7-8,17-18H,4-6,9-10H2,1-3H3. The first kappa shape index (κ1) is 17.3. The molecule has 22 heavy (non-hydrogen) atoms. The Morgan fingerprint density at radius 1 is 1.36 bits per heavy atom. The van der Waals surface area contributed by atoms with Gasteiger partial charge in [0.2, 0.25) is 10.0 Å². The summed E-state index contributed by atoms with van der Waals surface area (Å²) in [7, 11) is -2.09. The van der Waals surface area contributed by atoms with Gasteiger partial charge in [-0.05, 0) is 56.5 Å². The molecule has 124 valence electrons. The summed E-state index contributed by atoms with van der Waals surface area (Å²) in [5.74, 6) is -0.428. The molecule has 5 nitrogen and oxygen atoms in total. The van der Waals surface area contributed by atoms with E-state index in [9.17, 15) is 12.8 Å². The van der Waals surface area contributed by atoms with E-state index in [0.29, 0.717) is 17.7 Å². The summed E-state index contributed by atoms with van der Waals surface area (Å²) in [5, 5.41) is 3.32. The Kier molecular flexibility index (Phi) is 5.21. The molecule has 2 rings (SSSR count). The highest BCUT2D eigenvalue weighted by Gasteiger charge is 2.35. The average Bonchev–Trinajstić information content (AvgIpc) is 2.84. The fourth-order valence-electron chi connectivity index (χ4n) is 3.10. The minimum Gasteiger partial charge on any atom is -0.383 e. The van der Waals surface area contributed by atoms with E-state index in [1.165, 1.54) is 12.1 Å². The summed E-state index contributed by atoms with van der Waals surface area (Å²) in [5.41, 5.74) is 0.444. The second kappa shape index (κ2) is 6.62. The molecule has 1 unspecified atom stereocenters. The molecule has 1 aliphatic rings. The number of benzene rings is 1. The molecule has 0 radical (unpaired) electrons. The van der Waals surface area contributed by atoms with Crippen molar-refractivity contribution in [2.45, 2.75) is 37.1 Å². The summed E-state index contributed by atoms with van der Waals surface area (Å²) >= 11 is 0. The van der Waals surface area contributed by atoms with Gasteiger partial charge in [0.1, 0.15) is 5.82 Å². The van der Waals surface area contributed by atoms with Gasteiger partial charge in [-0.15, -0.1) is 0 Å². The lowest BCUT2D eigenvalue weighted by atomic mass is 9.99. The molecule has 1 aromatic rings. The van der Waals surface area contributed by atoms with E-state index < -0.39 is 15.8 Å². The van der Waals surface area contributed by atoms with Crippen LogP contribution in [0, 0.1) is 19.7 Å². The zero-order valence-corrected chi connectivity index (χ0v) is 14.0. The predicted octanol–water partition coefficient (Wildman–Crippen LogP) is 1.49. The number of methoxy groups -OCH3 is 1.